The molecule has 34 heavy (non-hydrogen) atoms. The lowest BCUT2D eigenvalue weighted by atomic mass is 10.0. The Balaban J connectivity index is 0.00000274. The van der Waals surface area contributed by atoms with Gasteiger partial charge in [-0.2, -0.15) is 0 Å². The summed E-state index contributed by atoms with van der Waals surface area (Å²) >= 11 is 0. The van der Waals surface area contributed by atoms with Gasteiger partial charge in [0.1, 0.15) is 0 Å². The minimum Gasteiger partial charge on any atom is -0.433 e. The molecular formula is C24H27ClN4O5. The van der Waals surface area contributed by atoms with Crippen molar-refractivity contribution in [3.05, 3.63) is 52.8 Å². The first-order valence-corrected chi connectivity index (χ1v) is 11.0. The van der Waals surface area contributed by atoms with E-state index in [-0.39, 0.29) is 30.8 Å². The lowest BCUT2D eigenvalue weighted by Crippen LogP contribution is -2.35. The van der Waals surface area contributed by atoms with Crippen LogP contribution in [0.25, 0.3) is 11.6 Å². The van der Waals surface area contributed by atoms with Gasteiger partial charge >= 0.3 is 6.09 Å². The van der Waals surface area contributed by atoms with E-state index in [2.05, 4.69) is 15.2 Å². The number of aromatic nitrogens is 1. The number of fused-ring (bicyclic) bond motifs is 1. The van der Waals surface area contributed by atoms with Crippen LogP contribution in [-0.2, 0) is 32.2 Å². The molecule has 0 bridgehead atoms. The first-order chi connectivity index (χ1) is 15.8. The zero-order valence-electron chi connectivity index (χ0n) is 19.1. The van der Waals surface area contributed by atoms with Crippen molar-refractivity contribution in [3.63, 3.8) is 0 Å². The maximum absolute atomic E-state index is 12.7. The molecular weight excluding hydrogens is 460 g/mol. The number of halogens is 1. The quantitative estimate of drug-likeness (QED) is 0.630. The number of imide groups is 1. The van der Waals surface area contributed by atoms with Crippen LogP contribution >= 0.6 is 12.4 Å². The molecule has 3 amide bonds. The minimum atomic E-state index is -1.16. The van der Waals surface area contributed by atoms with Gasteiger partial charge in [0.05, 0.1) is 25.3 Å². The third-order valence-electron chi connectivity index (χ3n) is 6.11. The highest BCUT2D eigenvalue weighted by Crippen LogP contribution is 2.35. The third-order valence-corrected chi connectivity index (χ3v) is 6.11. The van der Waals surface area contributed by atoms with Gasteiger partial charge in [-0.05, 0) is 49.2 Å². The molecule has 10 heteroatoms. The number of carbonyl (C=O) groups excluding carboxylic acids is 3. The van der Waals surface area contributed by atoms with Crippen LogP contribution in [0.3, 0.4) is 0 Å². The maximum atomic E-state index is 12.7. The second-order valence-corrected chi connectivity index (χ2v) is 9.01. The van der Waals surface area contributed by atoms with Gasteiger partial charge in [0.15, 0.2) is 5.60 Å². The fraction of sp³-hybridized carbons (Fsp3) is 0.375. The fourth-order valence-electron chi connectivity index (χ4n) is 4.33. The second kappa shape index (κ2) is 9.25. The molecule has 9 nitrogen and oxygen atoms in total. The number of cyclic esters (lactones) is 1. The van der Waals surface area contributed by atoms with Gasteiger partial charge < -0.3 is 19.8 Å². The Morgan fingerprint density at radius 1 is 1.06 bits per heavy atom. The van der Waals surface area contributed by atoms with E-state index in [4.69, 9.17) is 9.47 Å². The molecule has 180 valence electrons. The number of nitrogens with zero attached hydrogens (tertiary/aromatic N) is 2. The highest BCUT2D eigenvalue weighted by atomic mass is 35.5. The van der Waals surface area contributed by atoms with Crippen molar-refractivity contribution in [3.8, 4) is 0 Å². The molecule has 1 aromatic heterocycles. The molecule has 2 N–H and O–H groups in total. The van der Waals surface area contributed by atoms with Crippen LogP contribution in [-0.4, -0.2) is 64.6 Å². The van der Waals surface area contributed by atoms with Crippen LogP contribution < -0.4 is 5.32 Å². The van der Waals surface area contributed by atoms with Crippen molar-refractivity contribution in [2.45, 2.75) is 32.5 Å². The molecule has 2 saturated heterocycles. The van der Waals surface area contributed by atoms with E-state index >= 15 is 0 Å². The molecule has 4 heterocycles. The van der Waals surface area contributed by atoms with Gasteiger partial charge in [0.25, 0.3) is 11.8 Å². The fourth-order valence-corrected chi connectivity index (χ4v) is 4.33. The van der Waals surface area contributed by atoms with E-state index in [1.165, 1.54) is 0 Å². The molecule has 0 unspecified atom stereocenters. The molecule has 3 aliphatic heterocycles. The predicted molar refractivity (Wildman–Crippen MR) is 128 cm³/mol. The number of rotatable bonds is 5. The summed E-state index contributed by atoms with van der Waals surface area (Å²) in [6.45, 7) is 7.37. The van der Waals surface area contributed by atoms with Crippen molar-refractivity contribution >= 4 is 47.7 Å². The summed E-state index contributed by atoms with van der Waals surface area (Å²) < 4.78 is 10.6. The summed E-state index contributed by atoms with van der Waals surface area (Å²) in [5.41, 5.74) is 3.52. The van der Waals surface area contributed by atoms with Gasteiger partial charge in [0, 0.05) is 42.8 Å². The van der Waals surface area contributed by atoms with Crippen molar-refractivity contribution in [2.75, 3.05) is 31.6 Å². The van der Waals surface area contributed by atoms with Crippen LogP contribution in [0.2, 0.25) is 0 Å². The van der Waals surface area contributed by atoms with Crippen molar-refractivity contribution in [2.24, 2.45) is 0 Å². The van der Waals surface area contributed by atoms with Crippen molar-refractivity contribution in [1.29, 1.82) is 0 Å². The van der Waals surface area contributed by atoms with Gasteiger partial charge in [-0.1, -0.05) is 6.07 Å². The number of hydrogen-bond acceptors (Lipinski definition) is 6. The zero-order chi connectivity index (χ0) is 23.2. The monoisotopic (exact) mass is 486 g/mol. The second-order valence-electron chi connectivity index (χ2n) is 9.01. The van der Waals surface area contributed by atoms with Gasteiger partial charge in [0.2, 0.25) is 0 Å². The average molecular weight is 487 g/mol. The first kappa shape index (κ1) is 24.0. The Hall–Kier alpha value is -3.14. The standard InChI is InChI=1S/C24H26N4O5.ClH/c1-24(2)22(30)28(23(31)33-24)14-15-3-4-20-18(10-15)19(21(29)26-20)11-17-9-16(12-25-17)13-27-5-7-32-8-6-27;/h3-4,9-12,25H,5-8,13-14H2,1-2H3,(H,26,29);1H. The van der Waals surface area contributed by atoms with Gasteiger partial charge in [-0.3, -0.25) is 14.5 Å². The molecule has 0 radical (unpaired) electrons. The van der Waals surface area contributed by atoms with Crippen LogP contribution in [0.4, 0.5) is 10.5 Å². The average Bonchev–Trinajstić information content (AvgIpc) is 3.40. The van der Waals surface area contributed by atoms with E-state index in [0.717, 1.165) is 60.1 Å². The third kappa shape index (κ3) is 4.59. The number of carbonyl (C=O) groups is 3. The van der Waals surface area contributed by atoms with E-state index in [1.807, 2.05) is 24.4 Å². The number of ether oxygens (including phenoxy) is 2. The van der Waals surface area contributed by atoms with Gasteiger partial charge in [-0.25, -0.2) is 9.69 Å². The highest BCUT2D eigenvalue weighted by molar-refractivity contribution is 6.34. The van der Waals surface area contributed by atoms with Crippen LogP contribution in [0.1, 0.15) is 36.2 Å². The Kier molecular flexibility index (Phi) is 6.53. The lowest BCUT2D eigenvalue weighted by molar-refractivity contribution is -0.134. The summed E-state index contributed by atoms with van der Waals surface area (Å²) in [7, 11) is 0. The van der Waals surface area contributed by atoms with Gasteiger partial charge in [-0.15, -0.1) is 12.4 Å². The number of anilines is 1. The number of amides is 3. The first-order valence-electron chi connectivity index (χ1n) is 11.0. The number of H-pyrrole nitrogens is 1. The molecule has 5 rings (SSSR count). The van der Waals surface area contributed by atoms with Crippen LogP contribution in [0.5, 0.6) is 0 Å². The Labute approximate surface area is 203 Å². The smallest absolute Gasteiger partial charge is 0.418 e. The van der Waals surface area contributed by atoms with Crippen LogP contribution in [0, 0.1) is 0 Å². The summed E-state index contributed by atoms with van der Waals surface area (Å²) in [5.74, 6) is -0.568. The Morgan fingerprint density at radius 3 is 2.53 bits per heavy atom. The van der Waals surface area contributed by atoms with E-state index < -0.39 is 11.7 Å². The van der Waals surface area contributed by atoms with Crippen molar-refractivity contribution in [1.82, 2.24) is 14.8 Å². The number of nitrogens with one attached hydrogen (secondary N) is 2. The number of hydrogen-bond donors (Lipinski definition) is 2. The van der Waals surface area contributed by atoms with E-state index in [9.17, 15) is 14.4 Å². The molecule has 2 fully saturated rings. The molecule has 1 aromatic carbocycles. The number of aromatic amines is 1. The van der Waals surface area contributed by atoms with Crippen molar-refractivity contribution < 1.29 is 23.9 Å². The molecule has 0 spiro atoms. The number of benzene rings is 1. The summed E-state index contributed by atoms with van der Waals surface area (Å²) in [5, 5.41) is 2.88. The zero-order valence-corrected chi connectivity index (χ0v) is 19.9. The molecule has 0 atom stereocenters. The Bertz CT molecular complexity index is 1170. The molecule has 3 aliphatic rings. The molecule has 0 aliphatic carbocycles. The topological polar surface area (TPSA) is 104 Å². The molecule has 2 aromatic rings. The maximum Gasteiger partial charge on any atom is 0.418 e. The van der Waals surface area contributed by atoms with E-state index in [1.54, 1.807) is 26.0 Å². The lowest BCUT2D eigenvalue weighted by Gasteiger charge is -2.25. The normalized spacial score (nSPS) is 20.8. The molecule has 0 saturated carbocycles. The largest absolute Gasteiger partial charge is 0.433 e. The van der Waals surface area contributed by atoms with E-state index in [0.29, 0.717) is 11.3 Å². The SMILES string of the molecule is CC1(C)OC(=O)N(Cc2ccc3c(c2)C(=Cc2cc(CN4CCOCC4)c[nH]2)C(=O)N3)C1=O.Cl. The summed E-state index contributed by atoms with van der Waals surface area (Å²) in [6, 6.07) is 7.46. The highest BCUT2D eigenvalue weighted by Gasteiger charge is 2.47. The summed E-state index contributed by atoms with van der Waals surface area (Å²) in [4.78, 5) is 43.9. The minimum absolute atomic E-state index is 0. The summed E-state index contributed by atoms with van der Waals surface area (Å²) in [6.07, 6.45) is 3.12. The number of morpholine rings is 1. The predicted octanol–water partition coefficient (Wildman–Crippen LogP) is 3.02. The van der Waals surface area contributed by atoms with Crippen LogP contribution in [0.15, 0.2) is 30.5 Å². The Morgan fingerprint density at radius 2 is 1.82 bits per heavy atom.